The highest BCUT2D eigenvalue weighted by Gasteiger charge is 2.52. The minimum absolute atomic E-state index is 0.389. The molecule has 4 aliphatic rings. The highest BCUT2D eigenvalue weighted by Crippen LogP contribution is 2.63. The van der Waals surface area contributed by atoms with Gasteiger partial charge >= 0.3 is 0 Å². The highest BCUT2D eigenvalue weighted by atomic mass is 14.6. The van der Waals surface area contributed by atoms with Crippen molar-refractivity contribution in [3.8, 4) is 11.8 Å². The predicted octanol–water partition coefficient (Wildman–Crippen LogP) is 6.68. The molecule has 0 aliphatic heterocycles. The lowest BCUT2D eigenvalue weighted by molar-refractivity contribution is 0.113. The van der Waals surface area contributed by atoms with Gasteiger partial charge in [-0.05, 0) is 85.7 Å². The van der Waals surface area contributed by atoms with E-state index in [9.17, 15) is 0 Å². The summed E-state index contributed by atoms with van der Waals surface area (Å²) < 4.78 is 0. The summed E-state index contributed by atoms with van der Waals surface area (Å²) in [7, 11) is 0. The van der Waals surface area contributed by atoms with E-state index in [-0.39, 0.29) is 0 Å². The highest BCUT2D eigenvalue weighted by molar-refractivity contribution is 5.49. The smallest absolute Gasteiger partial charge is 0.0214 e. The Kier molecular flexibility index (Phi) is 3.98. The maximum atomic E-state index is 3.47. The first-order valence-corrected chi connectivity index (χ1v) is 10.4. The van der Waals surface area contributed by atoms with E-state index in [1.807, 2.05) is 18.1 Å². The minimum Gasteiger partial charge on any atom is -0.106 e. The van der Waals surface area contributed by atoms with Gasteiger partial charge in [-0.2, -0.15) is 0 Å². The molecule has 0 amide bonds. The molecule has 0 aromatic rings. The Labute approximate surface area is 149 Å². The summed E-state index contributed by atoms with van der Waals surface area (Å²) in [5.41, 5.74) is 6.37. The van der Waals surface area contributed by atoms with Crippen molar-refractivity contribution in [2.24, 2.45) is 28.6 Å². The molecule has 130 valence electrons. The molecule has 1 unspecified atom stereocenters. The lowest BCUT2D eigenvalue weighted by atomic mass is 9.52. The zero-order valence-electron chi connectivity index (χ0n) is 16.2. The molecule has 0 aromatic heterocycles. The summed E-state index contributed by atoms with van der Waals surface area (Å²) in [6.07, 6.45) is 15.2. The normalized spacial score (nSPS) is 42.2. The van der Waals surface area contributed by atoms with Crippen molar-refractivity contribution in [2.75, 3.05) is 0 Å². The van der Waals surface area contributed by atoms with E-state index < -0.39 is 0 Å². The van der Waals surface area contributed by atoms with E-state index in [1.54, 1.807) is 5.57 Å². The first-order valence-electron chi connectivity index (χ1n) is 10.4. The standard InChI is InChI=1S/C24H34/c1-5-8-17(2)20-12-13-21-19-11-10-18-9-6-7-15-23(18,3)22(19)14-16-24(20,21)4/h13,17-18,20H,6-7,9-12,14-16H2,1-4H3/t17-,18?,20-,23+,24-/m1/s1. The van der Waals surface area contributed by atoms with Gasteiger partial charge in [0.1, 0.15) is 0 Å². The van der Waals surface area contributed by atoms with Crippen LogP contribution in [0.15, 0.2) is 22.8 Å². The van der Waals surface area contributed by atoms with Crippen molar-refractivity contribution < 1.29 is 0 Å². The second-order valence-corrected chi connectivity index (χ2v) is 9.42. The molecular weight excluding hydrogens is 288 g/mol. The van der Waals surface area contributed by atoms with Crippen molar-refractivity contribution in [1.29, 1.82) is 0 Å². The molecule has 1 fully saturated rings. The van der Waals surface area contributed by atoms with E-state index in [4.69, 9.17) is 0 Å². The van der Waals surface area contributed by atoms with Crippen molar-refractivity contribution in [3.05, 3.63) is 22.8 Å². The van der Waals surface area contributed by atoms with Crippen LogP contribution in [-0.2, 0) is 0 Å². The van der Waals surface area contributed by atoms with Gasteiger partial charge in [0, 0.05) is 5.92 Å². The number of fused-ring (bicyclic) bond motifs is 4. The van der Waals surface area contributed by atoms with Crippen LogP contribution in [0.5, 0.6) is 0 Å². The predicted molar refractivity (Wildman–Crippen MR) is 102 cm³/mol. The van der Waals surface area contributed by atoms with Crippen molar-refractivity contribution in [3.63, 3.8) is 0 Å². The number of allylic oxidation sites excluding steroid dienone is 4. The molecule has 5 atom stereocenters. The zero-order valence-corrected chi connectivity index (χ0v) is 16.2. The fourth-order valence-electron chi connectivity index (χ4n) is 7.01. The maximum absolute atomic E-state index is 3.47. The van der Waals surface area contributed by atoms with Gasteiger partial charge < -0.3 is 0 Å². The molecule has 0 radical (unpaired) electrons. The molecular formula is C24H34. The van der Waals surface area contributed by atoms with Gasteiger partial charge in [-0.1, -0.05) is 45.3 Å². The van der Waals surface area contributed by atoms with Crippen LogP contribution in [-0.4, -0.2) is 0 Å². The van der Waals surface area contributed by atoms with Gasteiger partial charge in [-0.3, -0.25) is 0 Å². The fraction of sp³-hybridized carbons (Fsp3) is 0.750. The molecule has 0 N–H and O–H groups in total. The molecule has 0 saturated heterocycles. The van der Waals surface area contributed by atoms with Crippen molar-refractivity contribution in [1.82, 2.24) is 0 Å². The van der Waals surface area contributed by atoms with Gasteiger partial charge in [0.25, 0.3) is 0 Å². The third-order valence-corrected chi connectivity index (χ3v) is 8.40. The first kappa shape index (κ1) is 16.5. The number of hydrogen-bond acceptors (Lipinski definition) is 0. The Morgan fingerprint density at radius 2 is 1.92 bits per heavy atom. The molecule has 0 spiro atoms. The van der Waals surface area contributed by atoms with Crippen LogP contribution >= 0.6 is 0 Å². The Hall–Kier alpha value is -0.960. The molecule has 24 heavy (non-hydrogen) atoms. The monoisotopic (exact) mass is 322 g/mol. The van der Waals surface area contributed by atoms with Crippen LogP contribution in [0.2, 0.25) is 0 Å². The van der Waals surface area contributed by atoms with Gasteiger partial charge in [0.15, 0.2) is 0 Å². The summed E-state index contributed by atoms with van der Waals surface area (Å²) in [6.45, 7) is 9.52. The molecule has 0 heteroatoms. The zero-order chi connectivity index (χ0) is 16.9. The molecule has 0 heterocycles. The summed E-state index contributed by atoms with van der Waals surface area (Å²) in [4.78, 5) is 0. The topological polar surface area (TPSA) is 0 Å². The Bertz CT molecular complexity index is 651. The van der Waals surface area contributed by atoms with Crippen LogP contribution in [0.25, 0.3) is 0 Å². The Morgan fingerprint density at radius 3 is 2.71 bits per heavy atom. The van der Waals surface area contributed by atoms with Gasteiger partial charge in [0.05, 0.1) is 0 Å². The quantitative estimate of drug-likeness (QED) is 0.472. The number of rotatable bonds is 1. The second-order valence-electron chi connectivity index (χ2n) is 9.42. The van der Waals surface area contributed by atoms with Gasteiger partial charge in [-0.15, -0.1) is 11.8 Å². The van der Waals surface area contributed by atoms with Gasteiger partial charge in [0.2, 0.25) is 0 Å². The molecule has 0 bridgehead atoms. The van der Waals surface area contributed by atoms with E-state index in [0.717, 1.165) is 11.8 Å². The largest absolute Gasteiger partial charge is 0.106 e. The third-order valence-electron chi connectivity index (χ3n) is 8.40. The first-order chi connectivity index (χ1) is 11.5. The summed E-state index contributed by atoms with van der Waals surface area (Å²) in [5, 5.41) is 0. The van der Waals surface area contributed by atoms with E-state index in [1.165, 1.54) is 57.8 Å². The molecule has 4 aliphatic carbocycles. The third kappa shape index (κ3) is 2.20. The fourth-order valence-corrected chi connectivity index (χ4v) is 7.01. The van der Waals surface area contributed by atoms with Crippen LogP contribution in [0.4, 0.5) is 0 Å². The average Bonchev–Trinajstić information content (AvgIpc) is 2.92. The Balaban J connectivity index is 1.71. The van der Waals surface area contributed by atoms with E-state index >= 15 is 0 Å². The van der Waals surface area contributed by atoms with Crippen LogP contribution < -0.4 is 0 Å². The SMILES string of the molecule is CC#C[C@@H](C)[C@H]1CC=C2C3=C(CC[C@@]21C)[C@@]1(C)CCCCC1CC3. The lowest BCUT2D eigenvalue weighted by Crippen LogP contribution is -2.41. The van der Waals surface area contributed by atoms with E-state index in [2.05, 4.69) is 38.7 Å². The molecule has 1 saturated carbocycles. The van der Waals surface area contributed by atoms with Crippen molar-refractivity contribution in [2.45, 2.75) is 85.5 Å². The molecule has 0 aromatic carbocycles. The minimum atomic E-state index is 0.389. The van der Waals surface area contributed by atoms with Crippen LogP contribution in [0.1, 0.15) is 85.5 Å². The summed E-state index contributed by atoms with van der Waals surface area (Å²) in [6, 6.07) is 0. The second kappa shape index (κ2) is 5.79. The maximum Gasteiger partial charge on any atom is 0.0214 e. The molecule has 0 nitrogen and oxygen atoms in total. The summed E-state index contributed by atoms with van der Waals surface area (Å²) >= 11 is 0. The summed E-state index contributed by atoms with van der Waals surface area (Å²) in [5.74, 6) is 8.87. The van der Waals surface area contributed by atoms with E-state index in [0.29, 0.717) is 16.7 Å². The Morgan fingerprint density at radius 1 is 1.08 bits per heavy atom. The molecule has 4 rings (SSSR count). The average molecular weight is 323 g/mol. The number of hydrogen-bond donors (Lipinski definition) is 0. The van der Waals surface area contributed by atoms with Crippen LogP contribution in [0.3, 0.4) is 0 Å². The van der Waals surface area contributed by atoms with Crippen LogP contribution in [0, 0.1) is 40.4 Å². The van der Waals surface area contributed by atoms with Crippen molar-refractivity contribution >= 4 is 0 Å². The van der Waals surface area contributed by atoms with Gasteiger partial charge in [-0.25, -0.2) is 0 Å². The lowest BCUT2D eigenvalue weighted by Gasteiger charge is -2.53.